The molecule has 0 saturated carbocycles. The average molecular weight is 416 g/mol. The van der Waals surface area contributed by atoms with Gasteiger partial charge in [0.2, 0.25) is 0 Å². The van der Waals surface area contributed by atoms with Crippen LogP contribution in [0.25, 0.3) is 21.8 Å². The van der Waals surface area contributed by atoms with Crippen LogP contribution in [-0.4, -0.2) is 46.2 Å². The van der Waals surface area contributed by atoms with E-state index >= 15 is 0 Å². The summed E-state index contributed by atoms with van der Waals surface area (Å²) < 4.78 is 2.31. The van der Waals surface area contributed by atoms with Gasteiger partial charge in [0.25, 0.3) is 0 Å². The maximum atomic E-state index is 4.49. The van der Waals surface area contributed by atoms with Gasteiger partial charge in [0.05, 0.1) is 0 Å². The molecule has 0 saturated heterocycles. The summed E-state index contributed by atoms with van der Waals surface area (Å²) in [6.07, 6.45) is 3.32. The quantitative estimate of drug-likeness (QED) is 0.465. The van der Waals surface area contributed by atoms with Gasteiger partial charge in [-0.3, -0.25) is 0 Å². The molecule has 0 unspecified atom stereocenters. The standard InChI is InChI=1S/C16H10N4Se2/c1-3-7-13-11(5-1)15(19-9-17-13)21-22-16-12-6-2-4-8-14(12)18-10-20-16/h1-10H. The van der Waals surface area contributed by atoms with Gasteiger partial charge in [-0.05, 0) is 0 Å². The van der Waals surface area contributed by atoms with E-state index in [0.29, 0.717) is 0 Å². The Morgan fingerprint density at radius 1 is 0.545 bits per heavy atom. The number of benzene rings is 2. The van der Waals surface area contributed by atoms with E-state index in [2.05, 4.69) is 32.1 Å². The molecular weight excluding hydrogens is 406 g/mol. The zero-order valence-electron chi connectivity index (χ0n) is 11.4. The molecule has 0 amide bonds. The first kappa shape index (κ1) is 13.8. The first-order valence-electron chi connectivity index (χ1n) is 6.66. The normalized spacial score (nSPS) is 11.1. The van der Waals surface area contributed by atoms with Crippen LogP contribution in [-0.2, 0) is 0 Å². The Bertz CT molecular complexity index is 869. The summed E-state index contributed by atoms with van der Waals surface area (Å²) in [7, 11) is 0. The second-order valence-corrected chi connectivity index (χ2v) is 10.5. The second kappa shape index (κ2) is 6.11. The Balaban J connectivity index is 1.69. The molecule has 0 spiro atoms. The van der Waals surface area contributed by atoms with Crippen LogP contribution in [0.3, 0.4) is 0 Å². The van der Waals surface area contributed by atoms with Crippen LogP contribution in [0.5, 0.6) is 0 Å². The molecule has 6 heteroatoms. The van der Waals surface area contributed by atoms with Gasteiger partial charge in [0.1, 0.15) is 0 Å². The summed E-state index contributed by atoms with van der Waals surface area (Å²) >= 11 is 0.541. The number of fused-ring (bicyclic) bond motifs is 2. The van der Waals surface area contributed by atoms with Crippen LogP contribution in [0.15, 0.2) is 61.2 Å². The molecule has 0 aliphatic carbocycles. The van der Waals surface area contributed by atoms with Gasteiger partial charge in [-0.25, -0.2) is 0 Å². The van der Waals surface area contributed by atoms with Gasteiger partial charge in [-0.15, -0.1) is 0 Å². The van der Waals surface area contributed by atoms with Gasteiger partial charge in [0, 0.05) is 0 Å². The summed E-state index contributed by atoms with van der Waals surface area (Å²) in [4.78, 5) is 17.6. The van der Waals surface area contributed by atoms with Gasteiger partial charge in [-0.1, -0.05) is 0 Å². The summed E-state index contributed by atoms with van der Waals surface area (Å²) in [6.45, 7) is 0. The zero-order chi connectivity index (χ0) is 14.8. The summed E-state index contributed by atoms with van der Waals surface area (Å²) in [5.74, 6) is 0. The Labute approximate surface area is 138 Å². The van der Waals surface area contributed by atoms with Crippen LogP contribution >= 0.6 is 0 Å². The molecule has 0 aliphatic rings. The third-order valence-electron chi connectivity index (χ3n) is 3.21. The number of aromatic nitrogens is 4. The number of hydrogen-bond donors (Lipinski definition) is 0. The van der Waals surface area contributed by atoms with Crippen LogP contribution < -0.4 is 9.18 Å². The molecule has 106 valence electrons. The molecular formula is C16H10N4Se2. The van der Waals surface area contributed by atoms with Crippen molar-refractivity contribution in [3.8, 4) is 0 Å². The summed E-state index contributed by atoms with van der Waals surface area (Å²) in [6, 6.07) is 16.4. The molecule has 0 N–H and O–H groups in total. The zero-order valence-corrected chi connectivity index (χ0v) is 14.8. The third-order valence-corrected chi connectivity index (χ3v) is 9.77. The van der Waals surface area contributed by atoms with Crippen LogP contribution in [0, 0.1) is 0 Å². The fourth-order valence-corrected chi connectivity index (χ4v) is 8.60. The molecule has 2 aromatic carbocycles. The van der Waals surface area contributed by atoms with E-state index in [1.54, 1.807) is 12.7 Å². The molecule has 0 aliphatic heterocycles. The van der Waals surface area contributed by atoms with E-state index < -0.39 is 0 Å². The number of para-hydroxylation sites is 2. The predicted molar refractivity (Wildman–Crippen MR) is 89.9 cm³/mol. The van der Waals surface area contributed by atoms with Gasteiger partial charge in [0.15, 0.2) is 0 Å². The summed E-state index contributed by atoms with van der Waals surface area (Å²) in [5, 5.41) is 2.32. The van der Waals surface area contributed by atoms with Crippen molar-refractivity contribution in [2.75, 3.05) is 0 Å². The van der Waals surface area contributed by atoms with Crippen LogP contribution in [0.4, 0.5) is 0 Å². The van der Waals surface area contributed by atoms with E-state index in [1.165, 1.54) is 0 Å². The van der Waals surface area contributed by atoms with Gasteiger partial charge >= 0.3 is 138 Å². The molecule has 4 rings (SSSR count). The Hall–Kier alpha value is -1.84. The third kappa shape index (κ3) is 2.62. The monoisotopic (exact) mass is 418 g/mol. The Kier molecular flexibility index (Phi) is 3.83. The van der Waals surface area contributed by atoms with Crippen molar-refractivity contribution >= 4 is 57.3 Å². The number of nitrogens with zero attached hydrogens (tertiary/aromatic N) is 4. The van der Waals surface area contributed by atoms with Crippen LogP contribution in [0.1, 0.15) is 0 Å². The van der Waals surface area contributed by atoms with E-state index in [9.17, 15) is 0 Å². The number of hydrogen-bond acceptors (Lipinski definition) is 4. The molecule has 0 radical (unpaired) electrons. The molecule has 0 atom stereocenters. The van der Waals surface area contributed by atoms with Crippen molar-refractivity contribution in [1.29, 1.82) is 0 Å². The fraction of sp³-hybridized carbons (Fsp3) is 0. The molecule has 2 aromatic heterocycles. The topological polar surface area (TPSA) is 51.6 Å². The number of rotatable bonds is 3. The van der Waals surface area contributed by atoms with Crippen molar-refractivity contribution in [1.82, 2.24) is 19.9 Å². The fourth-order valence-electron chi connectivity index (χ4n) is 2.17. The van der Waals surface area contributed by atoms with Crippen LogP contribution in [0.2, 0.25) is 0 Å². The first-order chi connectivity index (χ1) is 10.9. The predicted octanol–water partition coefficient (Wildman–Crippen LogP) is 0.847. The molecule has 4 aromatic rings. The van der Waals surface area contributed by atoms with Crippen molar-refractivity contribution in [3.05, 3.63) is 61.2 Å². The molecule has 0 bridgehead atoms. The van der Waals surface area contributed by atoms with Gasteiger partial charge < -0.3 is 0 Å². The average Bonchev–Trinajstić information content (AvgIpc) is 2.60. The minimum absolute atomic E-state index is 0.271. The molecule has 4 nitrogen and oxygen atoms in total. The molecule has 22 heavy (non-hydrogen) atoms. The Morgan fingerprint density at radius 3 is 1.50 bits per heavy atom. The van der Waals surface area contributed by atoms with Crippen molar-refractivity contribution in [2.24, 2.45) is 0 Å². The maximum absolute atomic E-state index is 4.49. The summed E-state index contributed by atoms with van der Waals surface area (Å²) in [5.41, 5.74) is 2.02. The van der Waals surface area contributed by atoms with E-state index in [4.69, 9.17) is 0 Å². The van der Waals surface area contributed by atoms with Crippen molar-refractivity contribution < 1.29 is 0 Å². The van der Waals surface area contributed by atoms with E-state index in [0.717, 1.165) is 31.0 Å². The first-order valence-corrected chi connectivity index (χ1v) is 12.7. The van der Waals surface area contributed by atoms with Gasteiger partial charge in [-0.2, -0.15) is 0 Å². The van der Waals surface area contributed by atoms with Crippen molar-refractivity contribution in [3.63, 3.8) is 0 Å². The molecule has 2 heterocycles. The SMILES string of the molecule is c1ccc2c([Se][Se]c3ncnc4ccccc34)ncnc2c1. The molecule has 0 fully saturated rings. The van der Waals surface area contributed by atoms with E-state index in [-0.39, 0.29) is 26.3 Å². The van der Waals surface area contributed by atoms with Crippen molar-refractivity contribution in [2.45, 2.75) is 0 Å². The second-order valence-electron chi connectivity index (χ2n) is 4.56. The Morgan fingerprint density at radius 2 is 1.00 bits per heavy atom. The van der Waals surface area contributed by atoms with E-state index in [1.807, 2.05) is 36.4 Å². The minimum atomic E-state index is 0.271.